The molecule has 0 spiro atoms. The van der Waals surface area contributed by atoms with E-state index in [-0.39, 0.29) is 0 Å². The zero-order chi connectivity index (χ0) is 13.7. The maximum absolute atomic E-state index is 5.33. The Morgan fingerprint density at radius 3 is 2.68 bits per heavy atom. The molecule has 0 atom stereocenters. The maximum Gasteiger partial charge on any atom is 0.105 e. The molecule has 19 heavy (non-hydrogen) atoms. The lowest BCUT2D eigenvalue weighted by Gasteiger charge is -2.27. The summed E-state index contributed by atoms with van der Waals surface area (Å²) in [4.78, 5) is 2.36. The predicted molar refractivity (Wildman–Crippen MR) is 79.2 cm³/mol. The fraction of sp³-hybridized carbons (Fsp3) is 0.750. The molecule has 0 aliphatic heterocycles. The molecule has 1 aliphatic rings. The van der Waals surface area contributed by atoms with E-state index < -0.39 is 0 Å². The predicted octanol–water partition coefficient (Wildman–Crippen LogP) is 3.19. The molecule has 1 aliphatic carbocycles. The summed E-state index contributed by atoms with van der Waals surface area (Å²) in [6.45, 7) is 7.57. The second kappa shape index (κ2) is 7.11. The average molecular weight is 264 g/mol. The van der Waals surface area contributed by atoms with E-state index in [1.807, 2.05) is 6.92 Å². The van der Waals surface area contributed by atoms with Crippen LogP contribution in [0.5, 0.6) is 0 Å². The number of rotatable bonds is 6. The lowest BCUT2D eigenvalue weighted by atomic mass is 9.87. The topological polar surface area (TPSA) is 28.4 Å². The molecule has 0 unspecified atom stereocenters. The number of nitrogens with zero attached hydrogens (tertiary/aromatic N) is 1. The molecular weight excluding hydrogens is 236 g/mol. The molecule has 1 aromatic heterocycles. The molecule has 3 nitrogen and oxygen atoms in total. The fourth-order valence-electron chi connectivity index (χ4n) is 2.87. The van der Waals surface area contributed by atoms with Crippen molar-refractivity contribution in [3.8, 4) is 0 Å². The number of nitrogens with one attached hydrogen (secondary N) is 1. The molecule has 3 heteroatoms. The molecular formula is C16H28N2O. The van der Waals surface area contributed by atoms with Crippen molar-refractivity contribution in [2.24, 2.45) is 5.92 Å². The van der Waals surface area contributed by atoms with Crippen molar-refractivity contribution in [3.05, 3.63) is 23.7 Å². The molecule has 1 heterocycles. The van der Waals surface area contributed by atoms with Crippen LogP contribution in [0.4, 0.5) is 0 Å². The van der Waals surface area contributed by atoms with Crippen LogP contribution in [0, 0.1) is 12.8 Å². The van der Waals surface area contributed by atoms with Gasteiger partial charge in [-0.1, -0.05) is 6.92 Å². The Morgan fingerprint density at radius 2 is 2.05 bits per heavy atom. The first-order chi connectivity index (χ1) is 9.15. The van der Waals surface area contributed by atoms with Gasteiger partial charge in [0.1, 0.15) is 5.76 Å². The second-order valence-corrected chi connectivity index (χ2v) is 6.15. The van der Waals surface area contributed by atoms with Crippen LogP contribution in [0.15, 0.2) is 16.7 Å². The van der Waals surface area contributed by atoms with Gasteiger partial charge in [-0.15, -0.1) is 0 Å². The first-order valence-electron chi connectivity index (χ1n) is 7.60. The molecule has 108 valence electrons. The van der Waals surface area contributed by atoms with Crippen LogP contribution in [0.25, 0.3) is 0 Å². The molecule has 2 rings (SSSR count). The standard InChI is InChI=1S/C16H28N2O/c1-13-4-6-16(7-5-13)17-9-10-18(3)12-15-8-11-19-14(15)2/h8,11,13,16-17H,4-7,9-10,12H2,1-3H3. The van der Waals surface area contributed by atoms with E-state index in [0.717, 1.165) is 37.4 Å². The molecule has 0 saturated heterocycles. The van der Waals surface area contributed by atoms with Crippen molar-refractivity contribution in [3.63, 3.8) is 0 Å². The van der Waals surface area contributed by atoms with Crippen LogP contribution in [-0.2, 0) is 6.54 Å². The van der Waals surface area contributed by atoms with Gasteiger partial charge in [0.25, 0.3) is 0 Å². The summed E-state index contributed by atoms with van der Waals surface area (Å²) in [5.74, 6) is 1.98. The number of hydrogen-bond donors (Lipinski definition) is 1. The third-order valence-corrected chi connectivity index (χ3v) is 4.35. The van der Waals surface area contributed by atoms with Crippen molar-refractivity contribution in [2.45, 2.75) is 52.1 Å². The minimum atomic E-state index is 0.750. The Kier molecular flexibility index (Phi) is 5.46. The van der Waals surface area contributed by atoms with E-state index in [2.05, 4.69) is 30.3 Å². The Bertz CT molecular complexity index is 367. The number of hydrogen-bond acceptors (Lipinski definition) is 3. The van der Waals surface area contributed by atoms with Gasteiger partial charge in [0.15, 0.2) is 0 Å². The summed E-state index contributed by atoms with van der Waals surface area (Å²) in [5.41, 5.74) is 1.30. The van der Waals surface area contributed by atoms with Gasteiger partial charge >= 0.3 is 0 Å². The van der Waals surface area contributed by atoms with Gasteiger partial charge in [0.2, 0.25) is 0 Å². The van der Waals surface area contributed by atoms with Crippen LogP contribution in [-0.4, -0.2) is 31.1 Å². The Labute approximate surface area is 117 Å². The van der Waals surface area contributed by atoms with Crippen LogP contribution in [0.2, 0.25) is 0 Å². The van der Waals surface area contributed by atoms with Crippen LogP contribution >= 0.6 is 0 Å². The van der Waals surface area contributed by atoms with Gasteiger partial charge < -0.3 is 14.6 Å². The third-order valence-electron chi connectivity index (χ3n) is 4.35. The van der Waals surface area contributed by atoms with Gasteiger partial charge in [-0.2, -0.15) is 0 Å². The highest BCUT2D eigenvalue weighted by molar-refractivity contribution is 5.14. The first kappa shape index (κ1) is 14.6. The largest absolute Gasteiger partial charge is 0.469 e. The van der Waals surface area contributed by atoms with Gasteiger partial charge in [-0.25, -0.2) is 0 Å². The molecule has 0 aromatic carbocycles. The fourth-order valence-corrected chi connectivity index (χ4v) is 2.87. The summed E-state index contributed by atoms with van der Waals surface area (Å²) >= 11 is 0. The van der Waals surface area contributed by atoms with Crippen LogP contribution in [0.1, 0.15) is 43.9 Å². The summed E-state index contributed by atoms with van der Waals surface area (Å²) in [7, 11) is 2.18. The molecule has 1 fully saturated rings. The Balaban J connectivity index is 1.61. The number of likely N-dealkylation sites (N-methyl/N-ethyl adjacent to an activating group) is 1. The van der Waals surface area contributed by atoms with Crippen molar-refractivity contribution in [1.29, 1.82) is 0 Å². The minimum absolute atomic E-state index is 0.750. The second-order valence-electron chi connectivity index (χ2n) is 6.15. The lowest BCUT2D eigenvalue weighted by Crippen LogP contribution is -2.37. The minimum Gasteiger partial charge on any atom is -0.469 e. The highest BCUT2D eigenvalue weighted by Crippen LogP contribution is 2.23. The molecule has 0 radical (unpaired) electrons. The first-order valence-corrected chi connectivity index (χ1v) is 7.60. The third kappa shape index (κ3) is 4.66. The van der Waals surface area contributed by atoms with Gasteiger partial charge in [0.05, 0.1) is 6.26 Å². The Hall–Kier alpha value is -0.800. The number of furan rings is 1. The number of aryl methyl sites for hydroxylation is 1. The van der Waals surface area contributed by atoms with Crippen LogP contribution < -0.4 is 5.32 Å². The Morgan fingerprint density at radius 1 is 1.32 bits per heavy atom. The molecule has 1 saturated carbocycles. The van der Waals surface area contributed by atoms with Crippen LogP contribution in [0.3, 0.4) is 0 Å². The highest BCUT2D eigenvalue weighted by atomic mass is 16.3. The van der Waals surface area contributed by atoms with Crippen molar-refractivity contribution < 1.29 is 4.42 Å². The smallest absolute Gasteiger partial charge is 0.105 e. The monoisotopic (exact) mass is 264 g/mol. The SMILES string of the molecule is Cc1occc1CN(C)CCNC1CCC(C)CC1. The van der Waals surface area contributed by atoms with Crippen molar-refractivity contribution in [2.75, 3.05) is 20.1 Å². The van der Waals surface area contributed by atoms with Crippen molar-refractivity contribution >= 4 is 0 Å². The average Bonchev–Trinajstić information content (AvgIpc) is 2.78. The maximum atomic E-state index is 5.33. The van der Waals surface area contributed by atoms with E-state index in [9.17, 15) is 0 Å². The zero-order valence-electron chi connectivity index (χ0n) is 12.6. The van der Waals surface area contributed by atoms with E-state index in [0.29, 0.717) is 0 Å². The van der Waals surface area contributed by atoms with Gasteiger partial charge in [-0.05, 0) is 51.6 Å². The molecule has 0 bridgehead atoms. The summed E-state index contributed by atoms with van der Waals surface area (Å²) in [5, 5.41) is 3.70. The van der Waals surface area contributed by atoms with Crippen molar-refractivity contribution in [1.82, 2.24) is 10.2 Å². The normalized spacial score (nSPS) is 24.0. The van der Waals surface area contributed by atoms with Gasteiger partial charge in [0, 0.05) is 31.2 Å². The summed E-state index contributed by atoms with van der Waals surface area (Å²) in [6.07, 6.45) is 7.26. The molecule has 1 aromatic rings. The zero-order valence-corrected chi connectivity index (χ0v) is 12.6. The lowest BCUT2D eigenvalue weighted by molar-refractivity contribution is 0.278. The van der Waals surface area contributed by atoms with E-state index in [1.165, 1.54) is 31.2 Å². The summed E-state index contributed by atoms with van der Waals surface area (Å²) < 4.78 is 5.33. The van der Waals surface area contributed by atoms with E-state index >= 15 is 0 Å². The van der Waals surface area contributed by atoms with E-state index in [4.69, 9.17) is 4.42 Å². The van der Waals surface area contributed by atoms with Gasteiger partial charge in [-0.3, -0.25) is 0 Å². The van der Waals surface area contributed by atoms with E-state index in [1.54, 1.807) is 6.26 Å². The quantitative estimate of drug-likeness (QED) is 0.855. The highest BCUT2D eigenvalue weighted by Gasteiger charge is 2.17. The molecule has 1 N–H and O–H groups in total. The molecule has 0 amide bonds. The summed E-state index contributed by atoms with van der Waals surface area (Å²) in [6, 6.07) is 2.82.